The van der Waals surface area contributed by atoms with Crippen LogP contribution in [-0.2, 0) is 9.53 Å². The van der Waals surface area contributed by atoms with Gasteiger partial charge in [0.05, 0.1) is 7.11 Å². The van der Waals surface area contributed by atoms with Crippen LogP contribution >= 0.6 is 0 Å². The van der Waals surface area contributed by atoms with Crippen molar-refractivity contribution in [1.82, 2.24) is 0 Å². The molecular formula is C14H20O3. The number of carbonyl (C=O) groups excluding carboxylic acids is 1. The Labute approximate surface area is 102 Å². The lowest BCUT2D eigenvalue weighted by molar-refractivity contribution is -0.150. The lowest BCUT2D eigenvalue weighted by Crippen LogP contribution is -2.13. The molecule has 1 unspecified atom stereocenters. The molecule has 0 saturated carbocycles. The summed E-state index contributed by atoms with van der Waals surface area (Å²) in [5, 5.41) is 9.66. The predicted octanol–water partition coefficient (Wildman–Crippen LogP) is 2.80. The second-order valence-electron chi connectivity index (χ2n) is 4.11. The van der Waals surface area contributed by atoms with Crippen molar-refractivity contribution >= 4 is 5.97 Å². The van der Waals surface area contributed by atoms with Gasteiger partial charge < -0.3 is 9.84 Å². The number of hydrogen-bond donors (Lipinski definition) is 1. The molecule has 0 amide bonds. The van der Waals surface area contributed by atoms with E-state index >= 15 is 0 Å². The summed E-state index contributed by atoms with van der Waals surface area (Å²) in [6.07, 6.45) is 1.00. The number of ether oxygens (including phenoxy) is 1. The number of esters is 1. The average molecular weight is 236 g/mol. The molecule has 0 radical (unpaired) electrons. The van der Waals surface area contributed by atoms with Crippen LogP contribution in [0.3, 0.4) is 0 Å². The van der Waals surface area contributed by atoms with Gasteiger partial charge in [-0.3, -0.25) is 0 Å². The van der Waals surface area contributed by atoms with E-state index in [2.05, 4.69) is 18.6 Å². The predicted molar refractivity (Wildman–Crippen MR) is 66.7 cm³/mol. The highest BCUT2D eigenvalue weighted by Gasteiger charge is 2.17. The normalized spacial score (nSPS) is 12.5. The Hall–Kier alpha value is -1.35. The van der Waals surface area contributed by atoms with Crippen molar-refractivity contribution in [2.45, 2.75) is 38.7 Å². The van der Waals surface area contributed by atoms with Gasteiger partial charge in [0.25, 0.3) is 0 Å². The maximum atomic E-state index is 11.2. The average Bonchev–Trinajstić information content (AvgIpc) is 2.39. The monoisotopic (exact) mass is 236 g/mol. The molecule has 1 aromatic rings. The molecule has 1 rings (SSSR count). The van der Waals surface area contributed by atoms with Crippen molar-refractivity contribution in [1.29, 1.82) is 0 Å². The van der Waals surface area contributed by atoms with E-state index in [9.17, 15) is 9.90 Å². The van der Waals surface area contributed by atoms with Crippen LogP contribution in [0.4, 0.5) is 0 Å². The summed E-state index contributed by atoms with van der Waals surface area (Å²) in [5.41, 5.74) is 1.82. The Morgan fingerprint density at radius 1 is 1.18 bits per heavy atom. The first-order valence-electron chi connectivity index (χ1n) is 5.99. The zero-order valence-corrected chi connectivity index (χ0v) is 10.6. The zero-order valence-electron chi connectivity index (χ0n) is 10.6. The largest absolute Gasteiger partial charge is 0.467 e. The molecule has 1 aromatic carbocycles. The molecule has 94 valence electrons. The van der Waals surface area contributed by atoms with Crippen molar-refractivity contribution in [3.63, 3.8) is 0 Å². The smallest absolute Gasteiger partial charge is 0.339 e. The van der Waals surface area contributed by atoms with Gasteiger partial charge in [-0.1, -0.05) is 38.1 Å². The van der Waals surface area contributed by atoms with E-state index in [1.54, 1.807) is 12.1 Å². The van der Waals surface area contributed by atoms with Crippen molar-refractivity contribution < 1.29 is 14.6 Å². The standard InChI is InChI=1S/C14H20O3/c1-4-10(5-2)11-6-8-12(9-7-11)13(15)14(16)17-3/h6-10,13,15H,4-5H2,1-3H3. The maximum absolute atomic E-state index is 11.2. The quantitative estimate of drug-likeness (QED) is 0.800. The van der Waals surface area contributed by atoms with Crippen LogP contribution in [0, 0.1) is 0 Å². The zero-order chi connectivity index (χ0) is 12.8. The van der Waals surface area contributed by atoms with Gasteiger partial charge in [-0.05, 0) is 29.9 Å². The molecule has 0 aromatic heterocycles. The number of aliphatic hydroxyl groups is 1. The summed E-state index contributed by atoms with van der Waals surface area (Å²) < 4.78 is 4.50. The Kier molecular flexibility index (Phi) is 5.16. The van der Waals surface area contributed by atoms with Gasteiger partial charge in [0, 0.05) is 0 Å². The van der Waals surface area contributed by atoms with Gasteiger partial charge >= 0.3 is 5.97 Å². The first kappa shape index (κ1) is 13.7. The molecule has 0 saturated heterocycles. The number of hydrogen-bond acceptors (Lipinski definition) is 3. The molecule has 17 heavy (non-hydrogen) atoms. The van der Waals surface area contributed by atoms with E-state index in [0.29, 0.717) is 11.5 Å². The number of methoxy groups -OCH3 is 1. The topological polar surface area (TPSA) is 46.5 Å². The minimum atomic E-state index is -1.18. The maximum Gasteiger partial charge on any atom is 0.339 e. The minimum absolute atomic E-state index is 0.541. The molecule has 0 aliphatic carbocycles. The lowest BCUT2D eigenvalue weighted by Gasteiger charge is -2.14. The van der Waals surface area contributed by atoms with Crippen LogP contribution in [0.5, 0.6) is 0 Å². The van der Waals surface area contributed by atoms with Gasteiger partial charge in [0.1, 0.15) is 0 Å². The van der Waals surface area contributed by atoms with Crippen LogP contribution in [0.25, 0.3) is 0 Å². The van der Waals surface area contributed by atoms with E-state index in [-0.39, 0.29) is 0 Å². The van der Waals surface area contributed by atoms with E-state index in [0.717, 1.165) is 12.8 Å². The third-order valence-electron chi connectivity index (χ3n) is 3.13. The van der Waals surface area contributed by atoms with Crippen LogP contribution in [0.2, 0.25) is 0 Å². The van der Waals surface area contributed by atoms with Crippen LogP contribution in [0.1, 0.15) is 49.8 Å². The molecule has 0 aliphatic heterocycles. The highest BCUT2D eigenvalue weighted by atomic mass is 16.5. The molecule has 0 aliphatic rings. The third kappa shape index (κ3) is 3.30. The Morgan fingerprint density at radius 3 is 2.06 bits per heavy atom. The van der Waals surface area contributed by atoms with E-state index < -0.39 is 12.1 Å². The van der Waals surface area contributed by atoms with Gasteiger partial charge in [-0.25, -0.2) is 4.79 Å². The summed E-state index contributed by atoms with van der Waals surface area (Å²) in [7, 11) is 1.27. The summed E-state index contributed by atoms with van der Waals surface area (Å²) in [6.45, 7) is 4.32. The molecular weight excluding hydrogens is 216 g/mol. The van der Waals surface area contributed by atoms with Crippen molar-refractivity contribution in [3.8, 4) is 0 Å². The van der Waals surface area contributed by atoms with E-state index in [1.165, 1.54) is 12.7 Å². The Morgan fingerprint density at radius 2 is 1.65 bits per heavy atom. The molecule has 1 atom stereocenters. The number of benzene rings is 1. The SMILES string of the molecule is CCC(CC)c1ccc(C(O)C(=O)OC)cc1. The van der Waals surface area contributed by atoms with Crippen molar-refractivity contribution in [3.05, 3.63) is 35.4 Å². The highest BCUT2D eigenvalue weighted by Crippen LogP contribution is 2.24. The second kappa shape index (κ2) is 6.40. The van der Waals surface area contributed by atoms with Gasteiger partial charge in [0.15, 0.2) is 6.10 Å². The van der Waals surface area contributed by atoms with Crippen LogP contribution in [-0.4, -0.2) is 18.2 Å². The molecule has 3 nitrogen and oxygen atoms in total. The fourth-order valence-corrected chi connectivity index (χ4v) is 1.96. The van der Waals surface area contributed by atoms with Crippen LogP contribution < -0.4 is 0 Å². The molecule has 0 spiro atoms. The number of rotatable bonds is 5. The van der Waals surface area contributed by atoms with Crippen LogP contribution in [0.15, 0.2) is 24.3 Å². The molecule has 3 heteroatoms. The summed E-state index contributed by atoms with van der Waals surface area (Å²) >= 11 is 0. The first-order valence-corrected chi connectivity index (χ1v) is 5.99. The van der Waals surface area contributed by atoms with E-state index in [1.807, 2.05) is 12.1 Å². The van der Waals surface area contributed by atoms with Crippen molar-refractivity contribution in [2.24, 2.45) is 0 Å². The fraction of sp³-hybridized carbons (Fsp3) is 0.500. The first-order chi connectivity index (χ1) is 8.13. The fourth-order valence-electron chi connectivity index (χ4n) is 1.96. The van der Waals surface area contributed by atoms with Gasteiger partial charge in [-0.15, -0.1) is 0 Å². The molecule has 0 fully saturated rings. The molecule has 0 bridgehead atoms. The third-order valence-corrected chi connectivity index (χ3v) is 3.13. The summed E-state index contributed by atoms with van der Waals surface area (Å²) in [4.78, 5) is 11.2. The second-order valence-corrected chi connectivity index (χ2v) is 4.11. The van der Waals surface area contributed by atoms with E-state index in [4.69, 9.17) is 0 Å². The molecule has 0 heterocycles. The van der Waals surface area contributed by atoms with Gasteiger partial charge in [0.2, 0.25) is 0 Å². The Balaban J connectivity index is 2.84. The summed E-state index contributed by atoms with van der Waals surface area (Å²) in [6, 6.07) is 7.52. The minimum Gasteiger partial charge on any atom is -0.467 e. The van der Waals surface area contributed by atoms with Gasteiger partial charge in [-0.2, -0.15) is 0 Å². The Bertz CT molecular complexity index is 352. The summed E-state index contributed by atoms with van der Waals surface area (Å²) in [5.74, 6) is -0.0837. The molecule has 1 N–H and O–H groups in total. The lowest BCUT2D eigenvalue weighted by atomic mass is 9.93. The highest BCUT2D eigenvalue weighted by molar-refractivity contribution is 5.76. The number of aliphatic hydroxyl groups excluding tert-OH is 1. The van der Waals surface area contributed by atoms with Crippen molar-refractivity contribution in [2.75, 3.05) is 7.11 Å². The number of carbonyl (C=O) groups is 1.